The summed E-state index contributed by atoms with van der Waals surface area (Å²) < 4.78 is 6.26. The molecule has 4 aromatic rings. The Morgan fingerprint density at radius 2 is 1.85 bits per heavy atom. The Kier molecular flexibility index (Phi) is 4.93. The fourth-order valence-electron chi connectivity index (χ4n) is 4.38. The molecule has 0 spiro atoms. The number of aromatic nitrogens is 5. The van der Waals surface area contributed by atoms with Gasteiger partial charge in [-0.1, -0.05) is 23.5 Å². The second-order valence-corrected chi connectivity index (χ2v) is 9.22. The van der Waals surface area contributed by atoms with E-state index >= 15 is 0 Å². The highest BCUT2D eigenvalue weighted by Gasteiger charge is 2.46. The fraction of sp³-hybridized carbons (Fsp3) is 0.318. The van der Waals surface area contributed by atoms with E-state index in [1.54, 1.807) is 38.3 Å². The van der Waals surface area contributed by atoms with E-state index in [0.717, 1.165) is 15.9 Å². The maximum absolute atomic E-state index is 13.5. The lowest BCUT2D eigenvalue weighted by Gasteiger charge is -2.25. The number of hydrogen-bond acceptors (Lipinski definition) is 7. The van der Waals surface area contributed by atoms with Gasteiger partial charge in [0.25, 0.3) is 5.56 Å². The molecule has 1 aromatic carbocycles. The molecule has 4 heterocycles. The quantitative estimate of drug-likeness (QED) is 0.480. The average Bonchev–Trinajstić information content (AvgIpc) is 3.50. The molecule has 0 saturated carbocycles. The van der Waals surface area contributed by atoms with Gasteiger partial charge in [0, 0.05) is 18.7 Å². The molecule has 1 saturated heterocycles. The molecule has 0 aliphatic carbocycles. The molecule has 5 rings (SSSR count). The second-order valence-electron chi connectivity index (χ2n) is 8.22. The monoisotopic (exact) mass is 466 g/mol. The predicted octanol–water partition coefficient (Wildman–Crippen LogP) is 1.80. The lowest BCUT2D eigenvalue weighted by molar-refractivity contribution is -0.135. The molecule has 11 heteroatoms. The normalized spacial score (nSPS) is 18.4. The lowest BCUT2D eigenvalue weighted by Crippen LogP contribution is -2.52. The van der Waals surface area contributed by atoms with Gasteiger partial charge in [0.2, 0.25) is 5.91 Å². The zero-order valence-electron chi connectivity index (χ0n) is 18.4. The van der Waals surface area contributed by atoms with Crippen molar-refractivity contribution in [2.75, 3.05) is 13.7 Å². The minimum Gasteiger partial charge on any atom is -0.497 e. The van der Waals surface area contributed by atoms with Crippen molar-refractivity contribution >= 4 is 27.5 Å². The smallest absolute Gasteiger partial charge is 0.330 e. The van der Waals surface area contributed by atoms with Crippen molar-refractivity contribution in [3.63, 3.8) is 0 Å². The van der Waals surface area contributed by atoms with Crippen LogP contribution in [0.3, 0.4) is 0 Å². The summed E-state index contributed by atoms with van der Waals surface area (Å²) in [6, 6.07) is 7.46. The van der Waals surface area contributed by atoms with Crippen LogP contribution in [0.15, 0.2) is 46.2 Å². The molecule has 10 nitrogen and oxygen atoms in total. The fourth-order valence-corrected chi connectivity index (χ4v) is 5.48. The minimum absolute atomic E-state index is 0.257. The number of ether oxygens (including phenoxy) is 1. The molecule has 1 fully saturated rings. The zero-order valence-corrected chi connectivity index (χ0v) is 19.2. The topological polar surface area (TPSA) is 115 Å². The van der Waals surface area contributed by atoms with Gasteiger partial charge in [-0.05, 0) is 38.0 Å². The summed E-state index contributed by atoms with van der Waals surface area (Å²) in [4.78, 5) is 46.3. The van der Waals surface area contributed by atoms with Crippen LogP contribution in [0, 0.1) is 6.92 Å². The highest BCUT2D eigenvalue weighted by Crippen LogP contribution is 2.32. The molecule has 1 aliphatic heterocycles. The van der Waals surface area contributed by atoms with Crippen molar-refractivity contribution in [2.45, 2.75) is 32.4 Å². The van der Waals surface area contributed by atoms with Crippen molar-refractivity contribution in [2.24, 2.45) is 0 Å². The maximum atomic E-state index is 13.5. The summed E-state index contributed by atoms with van der Waals surface area (Å²) >= 11 is 1.23. The summed E-state index contributed by atoms with van der Waals surface area (Å²) in [5.41, 5.74) is -0.761. The molecule has 0 radical (unpaired) electrons. The van der Waals surface area contributed by atoms with Crippen molar-refractivity contribution in [1.29, 1.82) is 0 Å². The zero-order chi connectivity index (χ0) is 23.3. The molecule has 1 N–H and O–H groups in total. The van der Waals surface area contributed by atoms with Crippen LogP contribution in [0.4, 0.5) is 0 Å². The largest absolute Gasteiger partial charge is 0.497 e. The molecule has 0 bridgehead atoms. The Labute approximate surface area is 192 Å². The number of aromatic amines is 1. The predicted molar refractivity (Wildman–Crippen MR) is 123 cm³/mol. The van der Waals surface area contributed by atoms with Gasteiger partial charge in [-0.15, -0.1) is 4.80 Å². The van der Waals surface area contributed by atoms with E-state index < -0.39 is 16.8 Å². The first-order chi connectivity index (χ1) is 15.8. The molecule has 33 heavy (non-hydrogen) atoms. The molecule has 1 atom stereocenters. The second kappa shape index (κ2) is 7.69. The summed E-state index contributed by atoms with van der Waals surface area (Å²) in [5, 5.41) is 9.27. The van der Waals surface area contributed by atoms with Crippen LogP contribution in [0.25, 0.3) is 15.2 Å². The number of methoxy groups -OCH3 is 1. The Morgan fingerprint density at radius 1 is 1.15 bits per heavy atom. The number of aryl methyl sites for hydroxylation is 1. The van der Waals surface area contributed by atoms with Crippen LogP contribution in [-0.4, -0.2) is 49.0 Å². The molecule has 0 unspecified atom stereocenters. The average molecular weight is 467 g/mol. The maximum Gasteiger partial charge on any atom is 0.330 e. The Morgan fingerprint density at radius 3 is 2.52 bits per heavy atom. The van der Waals surface area contributed by atoms with Gasteiger partial charge in [0.15, 0.2) is 0 Å². The number of amides is 1. The number of nitrogens with one attached hydrogen (secondary N) is 1. The van der Waals surface area contributed by atoms with Crippen LogP contribution in [-0.2, 0) is 16.9 Å². The van der Waals surface area contributed by atoms with Crippen LogP contribution in [0.1, 0.15) is 24.5 Å². The number of carbonyl (C=O) groups is 1. The summed E-state index contributed by atoms with van der Waals surface area (Å²) in [6.07, 6.45) is 3.44. The Bertz CT molecular complexity index is 1470. The summed E-state index contributed by atoms with van der Waals surface area (Å²) in [5.74, 6) is 0.477. The van der Waals surface area contributed by atoms with Gasteiger partial charge >= 0.3 is 5.69 Å². The highest BCUT2D eigenvalue weighted by molar-refractivity contribution is 7.21. The van der Waals surface area contributed by atoms with E-state index in [1.165, 1.54) is 16.1 Å². The van der Waals surface area contributed by atoms with E-state index in [2.05, 4.69) is 15.2 Å². The van der Waals surface area contributed by atoms with Crippen LogP contribution in [0.5, 0.6) is 5.75 Å². The summed E-state index contributed by atoms with van der Waals surface area (Å²) in [7, 11) is 1.60. The van der Waals surface area contributed by atoms with E-state index in [1.807, 2.05) is 24.3 Å². The first-order valence-corrected chi connectivity index (χ1v) is 11.2. The highest BCUT2D eigenvalue weighted by atomic mass is 32.1. The summed E-state index contributed by atoms with van der Waals surface area (Å²) in [6.45, 7) is 4.27. The van der Waals surface area contributed by atoms with Crippen LogP contribution < -0.4 is 16.0 Å². The number of nitrogens with zero attached hydrogens (tertiary/aromatic N) is 5. The number of thiophene rings is 1. The van der Waals surface area contributed by atoms with Gasteiger partial charge in [-0.25, -0.2) is 9.36 Å². The van der Waals surface area contributed by atoms with E-state index in [4.69, 9.17) is 4.74 Å². The standard InChI is InChI=1S/C22H22N6O4S/c1-13-16-17(33-19(13)28-23-9-10-24-28)25-21(31)27(18(16)29)22(2)8-11-26(20(22)30)12-14-4-6-15(32-3)7-5-14/h4-7,9-10H,8,11-12H2,1-3H3,(H,25,31)/t22-/m1/s1. The van der Waals surface area contributed by atoms with Crippen LogP contribution >= 0.6 is 11.3 Å². The molecular weight excluding hydrogens is 444 g/mol. The van der Waals surface area contributed by atoms with E-state index in [9.17, 15) is 14.4 Å². The number of fused-ring (bicyclic) bond motifs is 1. The molecule has 1 amide bonds. The third-order valence-corrected chi connectivity index (χ3v) is 7.38. The van der Waals surface area contributed by atoms with Crippen molar-refractivity contribution in [3.05, 3.63) is 68.6 Å². The lowest BCUT2D eigenvalue weighted by atomic mass is 10.00. The van der Waals surface area contributed by atoms with Crippen molar-refractivity contribution in [3.8, 4) is 10.8 Å². The number of carbonyl (C=O) groups excluding carboxylic acids is 1. The molecular formula is C22H22N6O4S. The van der Waals surface area contributed by atoms with Gasteiger partial charge in [-0.2, -0.15) is 10.2 Å². The first-order valence-electron chi connectivity index (χ1n) is 10.4. The SMILES string of the molecule is COc1ccc(CN2CC[C@@](C)(n3c(=O)[nH]c4sc(-n5nccn5)c(C)c4c3=O)C2=O)cc1. The van der Waals surface area contributed by atoms with E-state index in [0.29, 0.717) is 40.3 Å². The third kappa shape index (κ3) is 3.27. The number of rotatable bonds is 5. The molecule has 3 aromatic heterocycles. The minimum atomic E-state index is -1.27. The Balaban J connectivity index is 1.54. The van der Waals surface area contributed by atoms with Crippen LogP contribution in [0.2, 0.25) is 0 Å². The van der Waals surface area contributed by atoms with Gasteiger partial charge in [-0.3, -0.25) is 14.6 Å². The van der Waals surface area contributed by atoms with Gasteiger partial charge in [0.05, 0.1) is 24.9 Å². The number of hydrogen-bond donors (Lipinski definition) is 1. The van der Waals surface area contributed by atoms with Gasteiger partial charge in [0.1, 0.15) is 21.1 Å². The first kappa shape index (κ1) is 21.1. The number of likely N-dealkylation sites (tertiary alicyclic amines) is 1. The van der Waals surface area contributed by atoms with Crippen molar-refractivity contribution in [1.82, 2.24) is 29.4 Å². The van der Waals surface area contributed by atoms with Gasteiger partial charge < -0.3 is 9.64 Å². The number of benzene rings is 1. The van der Waals surface area contributed by atoms with Crippen molar-refractivity contribution < 1.29 is 9.53 Å². The third-order valence-electron chi connectivity index (χ3n) is 6.20. The number of H-pyrrole nitrogens is 1. The molecule has 170 valence electrons. The molecule has 1 aliphatic rings. The Hall–Kier alpha value is -3.73. The van der Waals surface area contributed by atoms with E-state index in [-0.39, 0.29) is 5.91 Å².